The highest BCUT2D eigenvalue weighted by Crippen LogP contribution is 2.22. The highest BCUT2D eigenvalue weighted by Gasteiger charge is 2.19. The molecule has 39 heavy (non-hydrogen) atoms. The van der Waals surface area contributed by atoms with Crippen molar-refractivity contribution in [1.82, 2.24) is 24.5 Å². The van der Waals surface area contributed by atoms with Gasteiger partial charge in [-0.05, 0) is 44.0 Å². The van der Waals surface area contributed by atoms with Crippen LogP contribution in [-0.4, -0.2) is 29.6 Å². The van der Waals surface area contributed by atoms with E-state index in [9.17, 15) is 9.90 Å². The van der Waals surface area contributed by atoms with Gasteiger partial charge in [0, 0.05) is 11.8 Å². The summed E-state index contributed by atoms with van der Waals surface area (Å²) < 4.78 is 1.49. The molecule has 0 saturated carbocycles. The number of pyridine rings is 1. The first-order valence-corrected chi connectivity index (χ1v) is 12.4. The van der Waals surface area contributed by atoms with Crippen LogP contribution >= 0.6 is 11.6 Å². The van der Waals surface area contributed by atoms with Crippen molar-refractivity contribution >= 4 is 34.8 Å². The topological polar surface area (TPSA) is 132 Å². The number of nitrogens with zero attached hydrogens (tertiary/aromatic N) is 5. The van der Waals surface area contributed by atoms with E-state index in [0.29, 0.717) is 34.2 Å². The smallest absolute Gasteiger partial charge is 0.267 e. The highest BCUT2D eigenvalue weighted by molar-refractivity contribution is 6.47. The number of para-hydroxylation sites is 1. The third-order valence-corrected chi connectivity index (χ3v) is 6.05. The van der Waals surface area contributed by atoms with Crippen LogP contribution in [0.25, 0.3) is 17.3 Å². The zero-order valence-electron chi connectivity index (χ0n) is 21.4. The van der Waals surface area contributed by atoms with Gasteiger partial charge in [-0.2, -0.15) is 0 Å². The summed E-state index contributed by atoms with van der Waals surface area (Å²) in [6, 6.07) is 12.0. The number of benzene rings is 1. The fourth-order valence-corrected chi connectivity index (χ4v) is 4.19. The van der Waals surface area contributed by atoms with E-state index in [4.69, 9.17) is 17.3 Å². The van der Waals surface area contributed by atoms with E-state index in [0.717, 1.165) is 0 Å². The number of nitrogen functional groups attached to an aromatic ring is 1. The van der Waals surface area contributed by atoms with Crippen LogP contribution in [0.3, 0.4) is 0 Å². The molecular weight excluding hydrogens is 514 g/mol. The van der Waals surface area contributed by atoms with Gasteiger partial charge < -0.3 is 16.2 Å². The van der Waals surface area contributed by atoms with Gasteiger partial charge in [-0.25, -0.2) is 19.9 Å². The van der Waals surface area contributed by atoms with Crippen molar-refractivity contribution in [3.8, 4) is 17.5 Å². The number of aliphatic hydroxyl groups is 1. The number of rotatable bonds is 6. The van der Waals surface area contributed by atoms with Crippen LogP contribution in [0.15, 0.2) is 71.9 Å². The maximum absolute atomic E-state index is 13.7. The summed E-state index contributed by atoms with van der Waals surface area (Å²) in [6.45, 7) is 7.42. The van der Waals surface area contributed by atoms with E-state index in [1.165, 1.54) is 10.9 Å². The molecule has 0 bridgehead atoms. The Bertz CT molecular complexity index is 1770. The lowest BCUT2D eigenvalue weighted by Crippen LogP contribution is -2.48. The minimum atomic E-state index is -0.550. The standard InChI is InChI=1S/C29H26ClN7O2/c1-4-9-23(30)25-18(2)36-28(37(29(25)39)21-11-6-5-7-12-21)19(3)35-27-22(26(31)33-17-34-27)13-14-24-20(16-38)10-8-15-32-24/h4-12,15,17,19,38H,2,16H2,1,3H3,(H3,31,33,34,35)/b9-4-,25-23-. The normalized spacial score (nSPS) is 12.5. The van der Waals surface area contributed by atoms with Gasteiger partial charge in [0.05, 0.1) is 33.9 Å². The van der Waals surface area contributed by atoms with Crippen LogP contribution in [0.1, 0.15) is 42.5 Å². The maximum atomic E-state index is 13.7. The number of hydrogen-bond acceptors (Lipinski definition) is 8. The van der Waals surface area contributed by atoms with E-state index in [-0.39, 0.29) is 33.6 Å². The third-order valence-electron chi connectivity index (χ3n) is 5.74. The van der Waals surface area contributed by atoms with Gasteiger partial charge in [0.1, 0.15) is 35.0 Å². The molecule has 9 nitrogen and oxygen atoms in total. The summed E-state index contributed by atoms with van der Waals surface area (Å²) >= 11 is 6.44. The maximum Gasteiger partial charge on any atom is 0.267 e. The van der Waals surface area contributed by atoms with E-state index in [1.807, 2.05) is 25.1 Å². The number of hydrogen-bond donors (Lipinski definition) is 3. The monoisotopic (exact) mass is 539 g/mol. The van der Waals surface area contributed by atoms with Crippen molar-refractivity contribution in [1.29, 1.82) is 0 Å². The molecule has 1 aromatic carbocycles. The molecular formula is C29H26ClN7O2. The molecule has 3 aromatic heterocycles. The van der Waals surface area contributed by atoms with Gasteiger partial charge >= 0.3 is 0 Å². The van der Waals surface area contributed by atoms with Gasteiger partial charge in [0.2, 0.25) is 0 Å². The van der Waals surface area contributed by atoms with Gasteiger partial charge in [-0.1, -0.05) is 54.4 Å². The molecule has 0 aliphatic heterocycles. The summed E-state index contributed by atoms with van der Waals surface area (Å²) in [5, 5.41) is 13.6. The average molecular weight is 540 g/mol. The van der Waals surface area contributed by atoms with Gasteiger partial charge in [0.25, 0.3) is 5.56 Å². The number of nitrogens with two attached hydrogens (primary N) is 1. The highest BCUT2D eigenvalue weighted by atomic mass is 35.5. The minimum Gasteiger partial charge on any atom is -0.392 e. The third kappa shape index (κ3) is 5.88. The summed E-state index contributed by atoms with van der Waals surface area (Å²) in [5.74, 6) is 6.78. The molecule has 3 heterocycles. The Balaban J connectivity index is 1.85. The van der Waals surface area contributed by atoms with Crippen molar-refractivity contribution < 1.29 is 5.11 Å². The fourth-order valence-electron chi connectivity index (χ4n) is 3.87. The quantitative estimate of drug-likeness (QED) is 0.318. The summed E-state index contributed by atoms with van der Waals surface area (Å²) in [7, 11) is 0. The number of anilines is 2. The van der Waals surface area contributed by atoms with Crippen LogP contribution in [-0.2, 0) is 6.61 Å². The van der Waals surface area contributed by atoms with Crippen LogP contribution in [0.2, 0.25) is 0 Å². The number of allylic oxidation sites excluding steroid dienone is 2. The largest absolute Gasteiger partial charge is 0.392 e. The first kappa shape index (κ1) is 27.3. The Labute approximate surface area is 230 Å². The molecule has 4 aromatic rings. The van der Waals surface area contributed by atoms with E-state index < -0.39 is 6.04 Å². The van der Waals surface area contributed by atoms with Crippen LogP contribution in [0.5, 0.6) is 0 Å². The molecule has 0 aliphatic carbocycles. The minimum absolute atomic E-state index is 0.156. The second-order valence-corrected chi connectivity index (χ2v) is 8.79. The first-order valence-electron chi connectivity index (χ1n) is 12.0. The van der Waals surface area contributed by atoms with Crippen molar-refractivity contribution in [2.75, 3.05) is 11.1 Å². The molecule has 10 heteroatoms. The van der Waals surface area contributed by atoms with E-state index in [1.54, 1.807) is 49.5 Å². The molecule has 4 N–H and O–H groups in total. The molecule has 4 rings (SSSR count). The predicted octanol–water partition coefficient (Wildman–Crippen LogP) is 2.40. The summed E-state index contributed by atoms with van der Waals surface area (Å²) in [5.41, 5.74) is 7.73. The first-order chi connectivity index (χ1) is 18.8. The molecule has 0 fully saturated rings. The number of halogens is 1. The Kier molecular flexibility index (Phi) is 8.51. The second-order valence-electron chi connectivity index (χ2n) is 8.38. The van der Waals surface area contributed by atoms with Gasteiger partial charge in [-0.3, -0.25) is 9.36 Å². The lowest BCUT2D eigenvalue weighted by molar-refractivity contribution is 0.281. The second kappa shape index (κ2) is 12.2. The fraction of sp³-hybridized carbons (Fsp3) is 0.138. The lowest BCUT2D eigenvalue weighted by Gasteiger charge is -2.20. The average Bonchev–Trinajstić information content (AvgIpc) is 2.93. The number of aromatic nitrogens is 5. The molecule has 0 saturated heterocycles. The van der Waals surface area contributed by atoms with Crippen LogP contribution in [0.4, 0.5) is 11.6 Å². The van der Waals surface area contributed by atoms with Crippen molar-refractivity contribution in [2.45, 2.75) is 26.5 Å². The molecule has 1 unspecified atom stereocenters. The molecule has 0 amide bonds. The van der Waals surface area contributed by atoms with Crippen molar-refractivity contribution in [3.05, 3.63) is 111 Å². The lowest BCUT2D eigenvalue weighted by atomic mass is 10.2. The van der Waals surface area contributed by atoms with Gasteiger partial charge in [-0.15, -0.1) is 0 Å². The van der Waals surface area contributed by atoms with Crippen molar-refractivity contribution in [3.63, 3.8) is 0 Å². The Morgan fingerprint density at radius 3 is 2.69 bits per heavy atom. The molecule has 196 valence electrons. The summed E-state index contributed by atoms with van der Waals surface area (Å²) in [6.07, 6.45) is 6.27. The number of aliphatic hydroxyl groups excluding tert-OH is 1. The zero-order chi connectivity index (χ0) is 27.9. The molecule has 0 radical (unpaired) electrons. The van der Waals surface area contributed by atoms with E-state index in [2.05, 4.69) is 43.7 Å². The predicted molar refractivity (Wildman–Crippen MR) is 153 cm³/mol. The van der Waals surface area contributed by atoms with Crippen LogP contribution < -0.4 is 27.2 Å². The zero-order valence-corrected chi connectivity index (χ0v) is 22.1. The van der Waals surface area contributed by atoms with E-state index >= 15 is 0 Å². The van der Waals surface area contributed by atoms with Gasteiger partial charge in [0.15, 0.2) is 0 Å². The molecule has 1 atom stereocenters. The van der Waals surface area contributed by atoms with Crippen molar-refractivity contribution in [2.24, 2.45) is 0 Å². The SMILES string of the molecule is C=c1nc(C(C)Nc2ncnc(N)c2C#Cc2ncccc2CO)n(-c2ccccc2)c(=O)/c1=C(Cl)/C=C\C. The summed E-state index contributed by atoms with van der Waals surface area (Å²) in [4.78, 5) is 31.1. The Morgan fingerprint density at radius 1 is 1.21 bits per heavy atom. The Hall–Kier alpha value is -4.78. The Morgan fingerprint density at radius 2 is 1.97 bits per heavy atom. The molecule has 0 aliphatic rings. The van der Waals surface area contributed by atoms with Crippen LogP contribution in [0, 0.1) is 11.8 Å². The number of nitrogens with one attached hydrogen (secondary N) is 1. The molecule has 0 spiro atoms.